The van der Waals surface area contributed by atoms with Crippen LogP contribution >= 0.6 is 43.2 Å². The van der Waals surface area contributed by atoms with Crippen LogP contribution in [0.5, 0.6) is 0 Å². The quantitative estimate of drug-likeness (QED) is 0.741. The van der Waals surface area contributed by atoms with Crippen molar-refractivity contribution in [2.24, 2.45) is 0 Å². The molecule has 0 saturated heterocycles. The first-order valence-corrected chi connectivity index (χ1v) is 6.51. The van der Waals surface area contributed by atoms with E-state index in [4.69, 9.17) is 0 Å². The van der Waals surface area contributed by atoms with Gasteiger partial charge in [0.05, 0.1) is 5.69 Å². The number of hydrogen-bond donors (Lipinski definition) is 0. The number of benzene rings is 1. The Morgan fingerprint density at radius 3 is 2.71 bits per heavy atom. The number of aromatic nitrogens is 1. The molecule has 0 fully saturated rings. The molecular formula is C10H7Br2NS. The predicted octanol–water partition coefficient (Wildman–Crippen LogP) is 4.64. The molecule has 0 amide bonds. The molecule has 1 aromatic heterocycles. The molecule has 0 bridgehead atoms. The number of rotatable bonds is 1. The lowest BCUT2D eigenvalue weighted by Gasteiger charge is -2.03. The molecule has 2 rings (SSSR count). The highest BCUT2D eigenvalue weighted by molar-refractivity contribution is 9.11. The summed E-state index contributed by atoms with van der Waals surface area (Å²) in [6, 6.07) is 6.15. The van der Waals surface area contributed by atoms with Crippen molar-refractivity contribution >= 4 is 43.2 Å². The van der Waals surface area contributed by atoms with E-state index in [0.29, 0.717) is 0 Å². The second-order valence-electron chi connectivity index (χ2n) is 2.90. The molecule has 0 unspecified atom stereocenters. The first kappa shape index (κ1) is 10.3. The van der Waals surface area contributed by atoms with Crippen molar-refractivity contribution in [3.63, 3.8) is 0 Å². The molecule has 0 saturated carbocycles. The fourth-order valence-electron chi connectivity index (χ4n) is 1.26. The zero-order chi connectivity index (χ0) is 10.1. The van der Waals surface area contributed by atoms with Gasteiger partial charge >= 0.3 is 0 Å². The molecular weight excluding hydrogens is 326 g/mol. The van der Waals surface area contributed by atoms with E-state index in [1.54, 1.807) is 11.3 Å². The highest BCUT2D eigenvalue weighted by Crippen LogP contribution is 2.30. The van der Waals surface area contributed by atoms with Gasteiger partial charge in [-0.2, -0.15) is 0 Å². The third-order valence-electron chi connectivity index (χ3n) is 2.02. The topological polar surface area (TPSA) is 12.9 Å². The summed E-state index contributed by atoms with van der Waals surface area (Å²) in [6.07, 6.45) is 0. The molecule has 0 N–H and O–H groups in total. The molecule has 0 atom stereocenters. The van der Waals surface area contributed by atoms with Crippen LogP contribution in [0.15, 0.2) is 32.0 Å². The van der Waals surface area contributed by atoms with Crippen molar-refractivity contribution in [1.29, 1.82) is 0 Å². The van der Waals surface area contributed by atoms with E-state index in [-0.39, 0.29) is 0 Å². The Labute approximate surface area is 103 Å². The van der Waals surface area contributed by atoms with E-state index in [1.807, 2.05) is 12.1 Å². The van der Waals surface area contributed by atoms with Crippen molar-refractivity contribution in [3.05, 3.63) is 37.5 Å². The minimum absolute atomic E-state index is 0.923. The zero-order valence-electron chi connectivity index (χ0n) is 7.42. The zero-order valence-corrected chi connectivity index (χ0v) is 11.4. The van der Waals surface area contributed by atoms with E-state index < -0.39 is 0 Å². The van der Waals surface area contributed by atoms with Gasteiger partial charge in [0.1, 0.15) is 0 Å². The van der Waals surface area contributed by atoms with Crippen molar-refractivity contribution in [1.82, 2.24) is 4.98 Å². The molecule has 72 valence electrons. The normalized spacial score (nSPS) is 10.5. The lowest BCUT2D eigenvalue weighted by atomic mass is 10.1. The SMILES string of the molecule is Cc1c(Br)cccc1-c1csc(Br)n1. The monoisotopic (exact) mass is 331 g/mol. The highest BCUT2D eigenvalue weighted by atomic mass is 79.9. The Kier molecular flexibility index (Phi) is 3.04. The Balaban J connectivity index is 2.57. The third kappa shape index (κ3) is 1.92. The lowest BCUT2D eigenvalue weighted by Crippen LogP contribution is -1.83. The van der Waals surface area contributed by atoms with Crippen LogP contribution in [0, 0.1) is 6.92 Å². The van der Waals surface area contributed by atoms with Crippen LogP contribution in [0.25, 0.3) is 11.3 Å². The van der Waals surface area contributed by atoms with E-state index in [0.717, 1.165) is 14.1 Å². The maximum absolute atomic E-state index is 4.40. The molecule has 0 aliphatic heterocycles. The lowest BCUT2D eigenvalue weighted by molar-refractivity contribution is 1.33. The maximum Gasteiger partial charge on any atom is 0.159 e. The molecule has 0 radical (unpaired) electrons. The fourth-order valence-corrected chi connectivity index (χ4v) is 2.64. The van der Waals surface area contributed by atoms with Crippen molar-refractivity contribution in [2.75, 3.05) is 0 Å². The van der Waals surface area contributed by atoms with Crippen molar-refractivity contribution < 1.29 is 0 Å². The van der Waals surface area contributed by atoms with Crippen molar-refractivity contribution in [3.8, 4) is 11.3 Å². The van der Waals surface area contributed by atoms with E-state index in [1.165, 1.54) is 11.1 Å². The summed E-state index contributed by atoms with van der Waals surface area (Å²) < 4.78 is 2.05. The second kappa shape index (κ2) is 4.13. The summed E-state index contributed by atoms with van der Waals surface area (Å²) >= 11 is 8.49. The second-order valence-corrected chi connectivity index (χ2v) is 5.89. The number of thiazole rings is 1. The Morgan fingerprint density at radius 2 is 2.07 bits per heavy atom. The van der Waals surface area contributed by atoms with Crippen LogP contribution < -0.4 is 0 Å². The number of nitrogens with zero attached hydrogens (tertiary/aromatic N) is 1. The smallest absolute Gasteiger partial charge is 0.159 e. The van der Waals surface area contributed by atoms with E-state index in [2.05, 4.69) is 55.2 Å². The summed E-state index contributed by atoms with van der Waals surface area (Å²) in [6.45, 7) is 2.09. The van der Waals surface area contributed by atoms with Gasteiger partial charge in [0, 0.05) is 15.4 Å². The van der Waals surface area contributed by atoms with Crippen LogP contribution in [-0.2, 0) is 0 Å². The average Bonchev–Trinajstić information content (AvgIpc) is 2.57. The minimum atomic E-state index is 0.923. The predicted molar refractivity (Wildman–Crippen MR) is 67.7 cm³/mol. The largest absolute Gasteiger partial charge is 0.229 e. The van der Waals surface area contributed by atoms with Crippen LogP contribution in [0.2, 0.25) is 0 Å². The molecule has 0 spiro atoms. The van der Waals surface area contributed by atoms with Gasteiger partial charge in [-0.1, -0.05) is 28.1 Å². The van der Waals surface area contributed by atoms with E-state index >= 15 is 0 Å². The molecule has 14 heavy (non-hydrogen) atoms. The Hall–Kier alpha value is -0.190. The first-order valence-electron chi connectivity index (χ1n) is 4.05. The van der Waals surface area contributed by atoms with Gasteiger partial charge in [0.15, 0.2) is 3.92 Å². The van der Waals surface area contributed by atoms with Gasteiger partial charge in [-0.15, -0.1) is 11.3 Å². The molecule has 1 aromatic carbocycles. The minimum Gasteiger partial charge on any atom is -0.229 e. The summed E-state index contributed by atoms with van der Waals surface area (Å²) in [5.41, 5.74) is 3.44. The van der Waals surface area contributed by atoms with Gasteiger partial charge in [-0.05, 0) is 34.5 Å². The van der Waals surface area contributed by atoms with Gasteiger partial charge < -0.3 is 0 Å². The highest BCUT2D eigenvalue weighted by Gasteiger charge is 2.07. The van der Waals surface area contributed by atoms with Gasteiger partial charge in [0.2, 0.25) is 0 Å². The Bertz CT molecular complexity index is 465. The van der Waals surface area contributed by atoms with Crippen LogP contribution in [0.3, 0.4) is 0 Å². The molecule has 0 aliphatic carbocycles. The molecule has 2 aromatic rings. The Morgan fingerprint density at radius 1 is 1.29 bits per heavy atom. The summed E-state index contributed by atoms with van der Waals surface area (Å²) in [5, 5.41) is 2.05. The van der Waals surface area contributed by atoms with Crippen LogP contribution in [-0.4, -0.2) is 4.98 Å². The van der Waals surface area contributed by atoms with Crippen LogP contribution in [0.1, 0.15) is 5.56 Å². The van der Waals surface area contributed by atoms with E-state index in [9.17, 15) is 0 Å². The first-order chi connectivity index (χ1) is 6.68. The third-order valence-corrected chi connectivity index (χ3v) is 4.24. The van der Waals surface area contributed by atoms with Gasteiger partial charge in [0.25, 0.3) is 0 Å². The summed E-state index contributed by atoms with van der Waals surface area (Å²) in [7, 11) is 0. The standard InChI is InChI=1S/C10H7Br2NS/c1-6-7(3-2-4-8(6)11)9-5-14-10(12)13-9/h2-5H,1H3. The number of halogens is 2. The van der Waals surface area contributed by atoms with Gasteiger partial charge in [-0.25, -0.2) is 4.98 Å². The number of hydrogen-bond acceptors (Lipinski definition) is 2. The van der Waals surface area contributed by atoms with Crippen LogP contribution in [0.4, 0.5) is 0 Å². The summed E-state index contributed by atoms with van der Waals surface area (Å²) in [4.78, 5) is 4.40. The fraction of sp³-hybridized carbons (Fsp3) is 0.100. The molecule has 1 nitrogen and oxygen atoms in total. The molecule has 1 heterocycles. The van der Waals surface area contributed by atoms with Crippen molar-refractivity contribution in [2.45, 2.75) is 6.92 Å². The average molecular weight is 333 g/mol. The molecule has 4 heteroatoms. The maximum atomic E-state index is 4.40. The molecule has 0 aliphatic rings. The summed E-state index contributed by atoms with van der Waals surface area (Å²) in [5.74, 6) is 0. The van der Waals surface area contributed by atoms with Gasteiger partial charge in [-0.3, -0.25) is 0 Å².